The number of para-hydroxylation sites is 1. The predicted octanol–water partition coefficient (Wildman–Crippen LogP) is 13.3. The highest BCUT2D eigenvalue weighted by atomic mass is 16.5. The van der Waals surface area contributed by atoms with Gasteiger partial charge in [-0.2, -0.15) is 0 Å². The van der Waals surface area contributed by atoms with E-state index < -0.39 is 89.4 Å². The SMILES string of the molecule is [2H]c1c([2H])c([2H])c2c(c1[2H])Oc1c([2H])c([2H])c(-c3c([2H])c([2H])c4c(c3[2H])C3(c5ccccc5-c5c3ccc3ccccc53)c3c([2H])c([2H])c([2H])c([2H])c3-4)c([2H])c1C2(c1ccccc1)c1ccccc1. The van der Waals surface area contributed by atoms with Gasteiger partial charge in [-0.3, -0.25) is 0 Å². The van der Waals surface area contributed by atoms with E-state index >= 15 is 0 Å². The number of rotatable bonds is 3. The van der Waals surface area contributed by atoms with E-state index in [2.05, 4.69) is 0 Å². The molecule has 0 N–H and O–H groups in total. The Kier molecular flexibility index (Phi) is 4.08. The van der Waals surface area contributed by atoms with Gasteiger partial charge in [0.15, 0.2) is 0 Å². The van der Waals surface area contributed by atoms with Crippen molar-refractivity contribution in [2.75, 3.05) is 0 Å². The molecular weight excluding hydrogens is 665 g/mol. The van der Waals surface area contributed by atoms with E-state index in [0.717, 1.165) is 21.9 Å². The van der Waals surface area contributed by atoms with Gasteiger partial charge < -0.3 is 4.74 Å². The maximum atomic E-state index is 10.5. The van der Waals surface area contributed by atoms with Crippen molar-refractivity contribution < 1.29 is 23.9 Å². The van der Waals surface area contributed by atoms with Crippen molar-refractivity contribution in [3.05, 3.63) is 250 Å². The maximum Gasteiger partial charge on any atom is 0.132 e. The van der Waals surface area contributed by atoms with E-state index in [1.54, 1.807) is 60.7 Å². The minimum Gasteiger partial charge on any atom is -0.457 e. The van der Waals surface area contributed by atoms with Crippen molar-refractivity contribution in [3.63, 3.8) is 0 Å². The Morgan fingerprint density at radius 2 is 1.00 bits per heavy atom. The molecule has 0 aromatic heterocycles. The molecule has 1 heterocycles. The minimum absolute atomic E-state index is 0.0273. The van der Waals surface area contributed by atoms with Crippen LogP contribution in [0.3, 0.4) is 0 Å². The fraction of sp³-hybridized carbons (Fsp3) is 0.0370. The van der Waals surface area contributed by atoms with E-state index in [1.165, 1.54) is 0 Å². The standard InChI is InChI=1S/C54H34O/c1-3-16-38(17-4-1)53(39-18-5-2-6-19-39)46-25-13-14-26-50(46)55-51-32-29-37(34-49(51)53)36-27-30-42-41-21-9-11-23-44(41)54(48(42)33-36)45-24-12-10-22-43(45)52-40-20-8-7-15-35(40)28-31-47(52)54/h1-34H/i9D,11D,13D,14D,21D,23D,25D,26D,27D,29D,30D,32D,33D,34D. The van der Waals surface area contributed by atoms with E-state index in [9.17, 15) is 12.3 Å². The van der Waals surface area contributed by atoms with Gasteiger partial charge in [0, 0.05) is 11.1 Å². The van der Waals surface area contributed by atoms with Crippen LogP contribution in [0.4, 0.5) is 0 Å². The van der Waals surface area contributed by atoms with Crippen molar-refractivity contribution >= 4 is 10.8 Å². The van der Waals surface area contributed by atoms with Crippen LogP contribution in [0.5, 0.6) is 11.5 Å². The van der Waals surface area contributed by atoms with Gasteiger partial charge in [-0.05, 0) is 102 Å². The zero-order valence-electron chi connectivity index (χ0n) is 43.0. The van der Waals surface area contributed by atoms with E-state index in [1.807, 2.05) is 60.7 Å². The predicted molar refractivity (Wildman–Crippen MR) is 224 cm³/mol. The van der Waals surface area contributed by atoms with Crippen LogP contribution in [0.15, 0.2) is 206 Å². The Hall–Kier alpha value is -6.96. The Morgan fingerprint density at radius 3 is 1.82 bits per heavy atom. The van der Waals surface area contributed by atoms with Crippen LogP contribution in [-0.4, -0.2) is 0 Å². The average Bonchev–Trinajstić information content (AvgIpc) is 3.86. The summed E-state index contributed by atoms with van der Waals surface area (Å²) >= 11 is 0. The van der Waals surface area contributed by atoms with Crippen molar-refractivity contribution in [1.82, 2.24) is 0 Å². The Morgan fingerprint density at radius 1 is 0.382 bits per heavy atom. The molecule has 0 amide bonds. The van der Waals surface area contributed by atoms with E-state index in [4.69, 9.17) is 11.6 Å². The van der Waals surface area contributed by atoms with Crippen LogP contribution >= 0.6 is 0 Å². The molecule has 1 heteroatoms. The Balaban J connectivity index is 1.28. The third-order valence-electron chi connectivity index (χ3n) is 11.5. The Bertz CT molecular complexity index is 3780. The molecule has 12 rings (SSSR count). The highest BCUT2D eigenvalue weighted by Crippen LogP contribution is 2.64. The highest BCUT2D eigenvalue weighted by molar-refractivity contribution is 6.06. The number of hydrogen-bond acceptors (Lipinski definition) is 1. The summed E-state index contributed by atoms with van der Waals surface area (Å²) in [6.45, 7) is 0. The van der Waals surface area contributed by atoms with Crippen LogP contribution in [0.2, 0.25) is 0 Å². The van der Waals surface area contributed by atoms with Crippen LogP contribution < -0.4 is 4.74 Å². The van der Waals surface area contributed by atoms with Crippen LogP contribution in [0.25, 0.3) is 44.2 Å². The van der Waals surface area contributed by atoms with Gasteiger partial charge >= 0.3 is 0 Å². The molecule has 1 nitrogen and oxygen atoms in total. The lowest BCUT2D eigenvalue weighted by atomic mass is 9.63. The van der Waals surface area contributed by atoms with Crippen molar-refractivity contribution in [3.8, 4) is 44.9 Å². The van der Waals surface area contributed by atoms with Gasteiger partial charge in [0.05, 0.1) is 30.0 Å². The van der Waals surface area contributed by atoms with Crippen LogP contribution in [-0.2, 0) is 10.8 Å². The summed E-state index contributed by atoms with van der Waals surface area (Å²) in [5.41, 5.74) is -0.784. The zero-order chi connectivity index (χ0) is 48.3. The fourth-order valence-corrected chi connectivity index (χ4v) is 9.34. The molecule has 0 bridgehead atoms. The molecule has 3 aliphatic rings. The summed E-state index contributed by atoms with van der Waals surface area (Å²) in [5, 5.41) is 1.74. The van der Waals surface area contributed by atoms with Gasteiger partial charge in [-0.25, -0.2) is 0 Å². The second kappa shape index (κ2) is 11.3. The fourth-order valence-electron chi connectivity index (χ4n) is 9.34. The zero-order valence-corrected chi connectivity index (χ0v) is 29.0. The Labute approximate surface area is 340 Å². The molecule has 1 aliphatic heterocycles. The smallest absolute Gasteiger partial charge is 0.132 e. The largest absolute Gasteiger partial charge is 0.457 e. The molecule has 0 fully saturated rings. The van der Waals surface area contributed by atoms with E-state index in [0.29, 0.717) is 22.3 Å². The average molecular weight is 713 g/mol. The first-order chi connectivity index (χ1) is 33.1. The minimum atomic E-state index is -1.83. The summed E-state index contributed by atoms with van der Waals surface area (Å²) in [6, 6.07) is 29.1. The quantitative estimate of drug-likeness (QED) is 0.177. The van der Waals surface area contributed by atoms with Crippen LogP contribution in [0.1, 0.15) is 63.7 Å². The first-order valence-electron chi connectivity index (χ1n) is 25.0. The maximum absolute atomic E-state index is 10.5. The third kappa shape index (κ3) is 3.92. The summed E-state index contributed by atoms with van der Waals surface area (Å²) in [5.74, 6) is -0.623. The second-order valence-electron chi connectivity index (χ2n) is 14.0. The number of ether oxygens (including phenoxy) is 1. The van der Waals surface area contributed by atoms with E-state index in [-0.39, 0.29) is 62.0 Å². The molecule has 256 valence electrons. The molecule has 0 saturated carbocycles. The molecular formula is C54H34O. The summed E-state index contributed by atoms with van der Waals surface area (Å²) in [4.78, 5) is 0. The van der Waals surface area contributed by atoms with Crippen molar-refractivity contribution in [2.45, 2.75) is 10.8 Å². The molecule has 0 radical (unpaired) electrons. The number of benzene rings is 9. The van der Waals surface area contributed by atoms with Gasteiger partial charge in [0.1, 0.15) is 11.5 Å². The first-order valence-corrected chi connectivity index (χ1v) is 18.0. The summed E-state index contributed by atoms with van der Waals surface area (Å²) < 4.78 is 140. The molecule has 9 aromatic carbocycles. The normalized spacial score (nSPS) is 19.9. The molecule has 2 aliphatic carbocycles. The topological polar surface area (TPSA) is 9.23 Å². The molecule has 1 spiro atoms. The van der Waals surface area contributed by atoms with Gasteiger partial charge in [0.2, 0.25) is 0 Å². The lowest BCUT2D eigenvalue weighted by Gasteiger charge is -2.41. The van der Waals surface area contributed by atoms with Gasteiger partial charge in [0.25, 0.3) is 0 Å². The van der Waals surface area contributed by atoms with Crippen molar-refractivity contribution in [2.24, 2.45) is 0 Å². The lowest BCUT2D eigenvalue weighted by molar-refractivity contribution is 0.434. The molecule has 0 saturated heterocycles. The molecule has 9 aromatic rings. The second-order valence-corrected chi connectivity index (χ2v) is 14.0. The molecule has 1 unspecified atom stereocenters. The number of fused-ring (bicyclic) bond motifs is 14. The monoisotopic (exact) mass is 712 g/mol. The van der Waals surface area contributed by atoms with Crippen LogP contribution in [0, 0.1) is 0 Å². The third-order valence-corrected chi connectivity index (χ3v) is 11.5. The van der Waals surface area contributed by atoms with Gasteiger partial charge in [-0.1, -0.05) is 182 Å². The first kappa shape index (κ1) is 19.9. The number of hydrogen-bond donors (Lipinski definition) is 0. The highest BCUT2D eigenvalue weighted by Gasteiger charge is 2.52. The molecule has 55 heavy (non-hydrogen) atoms. The lowest BCUT2D eigenvalue weighted by Crippen LogP contribution is -2.34. The van der Waals surface area contributed by atoms with Gasteiger partial charge in [-0.15, -0.1) is 0 Å². The van der Waals surface area contributed by atoms with Crippen molar-refractivity contribution in [1.29, 1.82) is 0 Å². The molecule has 1 atom stereocenters. The summed E-state index contributed by atoms with van der Waals surface area (Å²) in [7, 11) is 0. The summed E-state index contributed by atoms with van der Waals surface area (Å²) in [6.07, 6.45) is 0.